The van der Waals surface area contributed by atoms with E-state index in [4.69, 9.17) is 0 Å². The molecule has 0 spiro atoms. The zero-order valence-corrected chi connectivity index (χ0v) is 15.9. The normalized spacial score (nSPS) is 18.5. The van der Waals surface area contributed by atoms with E-state index in [9.17, 15) is 4.79 Å². The predicted molar refractivity (Wildman–Crippen MR) is 104 cm³/mol. The topological polar surface area (TPSA) is 35.6 Å². The van der Waals surface area contributed by atoms with Crippen molar-refractivity contribution >= 4 is 17.8 Å². The Hall–Kier alpha value is -1.20. The molecule has 24 heavy (non-hydrogen) atoms. The van der Waals surface area contributed by atoms with Crippen molar-refractivity contribution in [3.05, 3.63) is 35.9 Å². The lowest BCUT2D eigenvalue weighted by Gasteiger charge is -2.23. The fourth-order valence-electron chi connectivity index (χ4n) is 3.04. The maximum absolute atomic E-state index is 12.3. The molecule has 1 N–H and O–H groups in total. The van der Waals surface area contributed by atoms with Gasteiger partial charge in [-0.1, -0.05) is 30.3 Å². The average Bonchev–Trinajstić information content (AvgIpc) is 2.85. The summed E-state index contributed by atoms with van der Waals surface area (Å²) >= 11 is 1.93. The first kappa shape index (κ1) is 19.1. The number of likely N-dealkylation sites (tertiary alicyclic amines) is 1. The Morgan fingerprint density at radius 3 is 2.79 bits per heavy atom. The monoisotopic (exact) mass is 349 g/mol. The van der Waals surface area contributed by atoms with Gasteiger partial charge in [-0.25, -0.2) is 4.79 Å². The third kappa shape index (κ3) is 6.73. The molecule has 2 rings (SSSR count). The number of benzene rings is 1. The Labute approximate surface area is 151 Å². The highest BCUT2D eigenvalue weighted by Gasteiger charge is 2.21. The quantitative estimate of drug-likeness (QED) is 0.766. The zero-order valence-electron chi connectivity index (χ0n) is 15.0. The number of hydrogen-bond acceptors (Lipinski definition) is 3. The largest absolute Gasteiger partial charge is 0.338 e. The number of carbonyl (C=O) groups is 1. The van der Waals surface area contributed by atoms with Crippen LogP contribution in [0.15, 0.2) is 30.3 Å². The lowest BCUT2D eigenvalue weighted by molar-refractivity contribution is 0.197. The molecule has 0 bridgehead atoms. The van der Waals surface area contributed by atoms with Gasteiger partial charge in [0.2, 0.25) is 0 Å². The summed E-state index contributed by atoms with van der Waals surface area (Å²) in [5, 5.41) is 3.08. The van der Waals surface area contributed by atoms with Crippen LogP contribution in [0.2, 0.25) is 0 Å². The fourth-order valence-corrected chi connectivity index (χ4v) is 3.96. The van der Waals surface area contributed by atoms with Crippen LogP contribution in [0.25, 0.3) is 0 Å². The maximum atomic E-state index is 12.3. The van der Waals surface area contributed by atoms with E-state index in [1.807, 2.05) is 22.7 Å². The van der Waals surface area contributed by atoms with Gasteiger partial charge < -0.3 is 15.1 Å². The maximum Gasteiger partial charge on any atom is 0.317 e. The minimum Gasteiger partial charge on any atom is -0.338 e. The summed E-state index contributed by atoms with van der Waals surface area (Å²) in [5.74, 6) is 2.13. The van der Waals surface area contributed by atoms with E-state index < -0.39 is 0 Å². The van der Waals surface area contributed by atoms with E-state index in [1.165, 1.54) is 12.0 Å². The summed E-state index contributed by atoms with van der Waals surface area (Å²) in [6.45, 7) is 2.53. The number of nitrogens with zero attached hydrogens (tertiary/aromatic N) is 2. The smallest absolute Gasteiger partial charge is 0.317 e. The van der Waals surface area contributed by atoms with Crippen molar-refractivity contribution in [2.75, 3.05) is 39.5 Å². The molecule has 4 nitrogen and oxygen atoms in total. The van der Waals surface area contributed by atoms with E-state index in [0.717, 1.165) is 50.4 Å². The van der Waals surface area contributed by atoms with Crippen LogP contribution in [0.3, 0.4) is 0 Å². The second kappa shape index (κ2) is 10.6. The third-order valence-corrected chi connectivity index (χ3v) is 5.68. The molecular weight excluding hydrogens is 318 g/mol. The summed E-state index contributed by atoms with van der Waals surface area (Å²) in [4.78, 5) is 16.5. The van der Waals surface area contributed by atoms with Crippen LogP contribution in [0, 0.1) is 0 Å². The summed E-state index contributed by atoms with van der Waals surface area (Å²) < 4.78 is 0. The highest BCUT2D eigenvalue weighted by molar-refractivity contribution is 7.98. The summed E-state index contributed by atoms with van der Waals surface area (Å²) in [6.07, 6.45) is 4.39. The van der Waals surface area contributed by atoms with E-state index in [-0.39, 0.29) is 6.03 Å². The number of rotatable bonds is 7. The minimum absolute atomic E-state index is 0.113. The van der Waals surface area contributed by atoms with Gasteiger partial charge in [-0.3, -0.25) is 0 Å². The molecule has 1 saturated heterocycles. The lowest BCUT2D eigenvalue weighted by atomic mass is 10.1. The van der Waals surface area contributed by atoms with Crippen molar-refractivity contribution < 1.29 is 4.79 Å². The summed E-state index contributed by atoms with van der Waals surface area (Å²) in [6, 6.07) is 11.3. The second-order valence-corrected chi connectivity index (χ2v) is 7.76. The number of thioether (sulfide) groups is 1. The zero-order chi connectivity index (χ0) is 17.2. The first-order valence-corrected chi connectivity index (χ1v) is 10.1. The van der Waals surface area contributed by atoms with Gasteiger partial charge >= 0.3 is 6.03 Å². The first-order valence-electron chi connectivity index (χ1n) is 8.97. The van der Waals surface area contributed by atoms with Gasteiger partial charge in [0.25, 0.3) is 0 Å². The molecule has 1 aliphatic heterocycles. The van der Waals surface area contributed by atoms with Gasteiger partial charge in [0.1, 0.15) is 0 Å². The van der Waals surface area contributed by atoms with E-state index >= 15 is 0 Å². The van der Waals surface area contributed by atoms with E-state index in [0.29, 0.717) is 6.04 Å². The molecule has 1 fully saturated rings. The average molecular weight is 350 g/mol. The molecule has 2 amide bonds. The van der Waals surface area contributed by atoms with Gasteiger partial charge in [-0.05, 0) is 51.1 Å². The van der Waals surface area contributed by atoms with Gasteiger partial charge in [0.05, 0.1) is 0 Å². The molecule has 134 valence electrons. The molecule has 0 unspecified atom stereocenters. The fraction of sp³-hybridized carbons (Fsp3) is 0.632. The molecule has 1 aliphatic rings. The number of hydrogen-bond donors (Lipinski definition) is 1. The Kier molecular flexibility index (Phi) is 8.47. The summed E-state index contributed by atoms with van der Waals surface area (Å²) in [5.41, 5.74) is 1.37. The van der Waals surface area contributed by atoms with Crippen molar-refractivity contribution in [3.8, 4) is 0 Å². The molecule has 5 heteroatoms. The van der Waals surface area contributed by atoms with Gasteiger partial charge in [0.15, 0.2) is 0 Å². The first-order chi connectivity index (χ1) is 11.7. The van der Waals surface area contributed by atoms with Gasteiger partial charge in [-0.2, -0.15) is 11.8 Å². The van der Waals surface area contributed by atoms with Crippen LogP contribution < -0.4 is 5.32 Å². The second-order valence-electron chi connectivity index (χ2n) is 6.66. The van der Waals surface area contributed by atoms with Crippen LogP contribution >= 0.6 is 11.8 Å². The minimum atomic E-state index is 0.113. The number of nitrogens with one attached hydrogen (secondary N) is 1. The van der Waals surface area contributed by atoms with Crippen LogP contribution in [0.1, 0.15) is 31.2 Å². The Balaban J connectivity index is 1.56. The number of amides is 2. The van der Waals surface area contributed by atoms with E-state index in [2.05, 4.69) is 48.6 Å². The molecule has 1 atom stereocenters. The molecular formula is C19H31N3OS. The number of urea groups is 1. The molecule has 0 radical (unpaired) electrons. The molecule has 0 saturated carbocycles. The number of carbonyl (C=O) groups excluding carboxylic acids is 1. The molecule has 0 aliphatic carbocycles. The standard InChI is InChI=1S/C19H31N3OS/c1-21(2)18-10-6-13-22(14-11-18)19(23)20-12-7-15-24-16-17-8-4-3-5-9-17/h3-5,8-9,18H,6-7,10-16H2,1-2H3,(H,20,23)/t18-/m0/s1. The Bertz CT molecular complexity index is 481. The molecule has 0 aromatic heterocycles. The van der Waals surface area contributed by atoms with Crippen LogP contribution in [-0.4, -0.2) is 61.4 Å². The predicted octanol–water partition coefficient (Wildman–Crippen LogP) is 3.44. The van der Waals surface area contributed by atoms with Crippen molar-refractivity contribution in [2.45, 2.75) is 37.5 Å². The van der Waals surface area contributed by atoms with Crippen molar-refractivity contribution in [2.24, 2.45) is 0 Å². The van der Waals surface area contributed by atoms with Crippen molar-refractivity contribution in [1.82, 2.24) is 15.1 Å². The van der Waals surface area contributed by atoms with Gasteiger partial charge in [0, 0.05) is 31.4 Å². The van der Waals surface area contributed by atoms with Crippen molar-refractivity contribution in [3.63, 3.8) is 0 Å². The highest BCUT2D eigenvalue weighted by Crippen LogP contribution is 2.15. The van der Waals surface area contributed by atoms with Gasteiger partial charge in [-0.15, -0.1) is 0 Å². The lowest BCUT2D eigenvalue weighted by Crippen LogP contribution is -2.41. The molecule has 1 aromatic rings. The van der Waals surface area contributed by atoms with Crippen LogP contribution in [0.4, 0.5) is 4.79 Å². The highest BCUT2D eigenvalue weighted by atomic mass is 32.2. The van der Waals surface area contributed by atoms with Crippen LogP contribution in [-0.2, 0) is 5.75 Å². The molecule has 1 heterocycles. The third-order valence-electron chi connectivity index (χ3n) is 4.57. The Morgan fingerprint density at radius 1 is 1.25 bits per heavy atom. The van der Waals surface area contributed by atoms with E-state index in [1.54, 1.807) is 0 Å². The molecule has 1 aromatic carbocycles. The summed E-state index contributed by atoms with van der Waals surface area (Å²) in [7, 11) is 4.26. The van der Waals surface area contributed by atoms with Crippen LogP contribution in [0.5, 0.6) is 0 Å². The Morgan fingerprint density at radius 2 is 2.04 bits per heavy atom. The SMILES string of the molecule is CN(C)[C@H]1CCCN(C(=O)NCCCSCc2ccccc2)CC1. The van der Waals surface area contributed by atoms with Crippen molar-refractivity contribution in [1.29, 1.82) is 0 Å².